The maximum Gasteiger partial charge on any atom is 0.117 e. The summed E-state index contributed by atoms with van der Waals surface area (Å²) in [4.78, 5) is 8.61. The summed E-state index contributed by atoms with van der Waals surface area (Å²) in [5.74, 6) is 0.548. The van der Waals surface area contributed by atoms with Gasteiger partial charge in [0.15, 0.2) is 0 Å². The van der Waals surface area contributed by atoms with Crippen molar-refractivity contribution in [3.8, 4) is 6.07 Å². The molecule has 1 aromatic heterocycles. The lowest BCUT2D eigenvalue weighted by Gasteiger charge is -2.09. The first kappa shape index (κ1) is 13.6. The number of benzene rings is 2. The molecule has 0 saturated carbocycles. The van der Waals surface area contributed by atoms with Crippen molar-refractivity contribution in [2.45, 2.75) is 10.9 Å². The molecule has 0 fully saturated rings. The topological polar surface area (TPSA) is 49.6 Å². The van der Waals surface area contributed by atoms with Crippen LogP contribution in [0.3, 0.4) is 0 Å². The molecule has 0 aliphatic rings. The van der Waals surface area contributed by atoms with Gasteiger partial charge in [-0.2, -0.15) is 5.26 Å². The van der Waals surface area contributed by atoms with Crippen LogP contribution in [0.5, 0.6) is 0 Å². The summed E-state index contributed by atoms with van der Waals surface area (Å²) in [6.07, 6.45) is 1.58. The van der Waals surface area contributed by atoms with Crippen molar-refractivity contribution in [3.63, 3.8) is 0 Å². The molecule has 1 atom stereocenters. The van der Waals surface area contributed by atoms with Gasteiger partial charge in [0.05, 0.1) is 17.5 Å². The number of thioether (sulfide) groups is 1. The van der Waals surface area contributed by atoms with E-state index >= 15 is 0 Å². The Hall–Kier alpha value is -2.38. The molecule has 1 heterocycles. The maximum absolute atomic E-state index is 9.37. The summed E-state index contributed by atoms with van der Waals surface area (Å²) in [6.45, 7) is 0. The highest BCUT2D eigenvalue weighted by Crippen LogP contribution is 2.28. The SMILES string of the molecule is N#CC(CSc1ncnc2ccccc12)c1ccccc1. The van der Waals surface area contributed by atoms with E-state index in [1.165, 1.54) is 0 Å². The first-order valence-corrected chi connectivity index (χ1v) is 7.64. The Kier molecular flexibility index (Phi) is 4.13. The molecule has 3 rings (SSSR count). The van der Waals surface area contributed by atoms with Crippen molar-refractivity contribution < 1.29 is 0 Å². The van der Waals surface area contributed by atoms with Crippen LogP contribution in [0.2, 0.25) is 0 Å². The number of nitrogens with zero attached hydrogens (tertiary/aromatic N) is 3. The van der Waals surface area contributed by atoms with Crippen LogP contribution < -0.4 is 0 Å². The maximum atomic E-state index is 9.37. The van der Waals surface area contributed by atoms with Gasteiger partial charge in [-0.05, 0) is 11.6 Å². The number of hydrogen-bond acceptors (Lipinski definition) is 4. The number of para-hydroxylation sites is 1. The summed E-state index contributed by atoms with van der Waals surface area (Å²) < 4.78 is 0. The zero-order chi connectivity index (χ0) is 14.5. The Balaban J connectivity index is 1.82. The molecule has 0 aliphatic carbocycles. The lowest BCUT2D eigenvalue weighted by molar-refractivity contribution is 0.991. The zero-order valence-electron chi connectivity index (χ0n) is 11.3. The summed E-state index contributed by atoms with van der Waals surface area (Å²) >= 11 is 1.60. The van der Waals surface area contributed by atoms with E-state index < -0.39 is 0 Å². The summed E-state index contributed by atoms with van der Waals surface area (Å²) in [5.41, 5.74) is 1.98. The molecule has 0 radical (unpaired) electrons. The predicted octanol–water partition coefficient (Wildman–Crippen LogP) is 4.03. The van der Waals surface area contributed by atoms with E-state index in [0.29, 0.717) is 5.75 Å². The molecule has 0 aliphatic heterocycles. The van der Waals surface area contributed by atoms with Gasteiger partial charge in [-0.1, -0.05) is 48.5 Å². The normalized spacial score (nSPS) is 12.0. The van der Waals surface area contributed by atoms with Crippen LogP contribution in [0.1, 0.15) is 11.5 Å². The minimum absolute atomic E-state index is 0.134. The Morgan fingerprint density at radius 3 is 2.57 bits per heavy atom. The number of nitriles is 1. The molecule has 2 aromatic carbocycles. The second-order valence-corrected chi connectivity index (χ2v) is 5.61. The van der Waals surface area contributed by atoms with Crippen molar-refractivity contribution in [2.75, 3.05) is 5.75 Å². The molecule has 0 spiro atoms. The first-order valence-electron chi connectivity index (χ1n) is 6.65. The summed E-state index contributed by atoms with van der Waals surface area (Å²) in [6, 6.07) is 20.2. The largest absolute Gasteiger partial charge is 0.236 e. The third-order valence-corrected chi connectivity index (χ3v) is 4.35. The van der Waals surface area contributed by atoms with Gasteiger partial charge in [0.25, 0.3) is 0 Å². The summed E-state index contributed by atoms with van der Waals surface area (Å²) in [5, 5.41) is 11.3. The molecular weight excluding hydrogens is 278 g/mol. The molecule has 3 aromatic rings. The third kappa shape index (κ3) is 3.04. The Morgan fingerprint density at radius 2 is 1.76 bits per heavy atom. The number of rotatable bonds is 4. The van der Waals surface area contributed by atoms with Crippen molar-refractivity contribution in [1.29, 1.82) is 5.26 Å². The number of hydrogen-bond donors (Lipinski definition) is 0. The fraction of sp³-hybridized carbons (Fsp3) is 0.118. The first-order chi connectivity index (χ1) is 10.4. The van der Waals surface area contributed by atoms with E-state index in [4.69, 9.17) is 0 Å². The van der Waals surface area contributed by atoms with Gasteiger partial charge in [0.2, 0.25) is 0 Å². The van der Waals surface area contributed by atoms with E-state index in [9.17, 15) is 5.26 Å². The van der Waals surface area contributed by atoms with Gasteiger partial charge in [-0.3, -0.25) is 0 Å². The third-order valence-electron chi connectivity index (χ3n) is 3.25. The highest BCUT2D eigenvalue weighted by atomic mass is 32.2. The monoisotopic (exact) mass is 291 g/mol. The van der Waals surface area contributed by atoms with Crippen molar-refractivity contribution in [3.05, 3.63) is 66.5 Å². The molecule has 1 unspecified atom stereocenters. The average Bonchev–Trinajstić information content (AvgIpc) is 2.56. The van der Waals surface area contributed by atoms with Gasteiger partial charge >= 0.3 is 0 Å². The number of fused-ring (bicyclic) bond motifs is 1. The Labute approximate surface area is 127 Å². The zero-order valence-corrected chi connectivity index (χ0v) is 12.1. The van der Waals surface area contributed by atoms with E-state index in [0.717, 1.165) is 21.5 Å². The fourth-order valence-electron chi connectivity index (χ4n) is 2.15. The molecule has 0 saturated heterocycles. The highest BCUT2D eigenvalue weighted by molar-refractivity contribution is 7.99. The highest BCUT2D eigenvalue weighted by Gasteiger charge is 2.12. The average molecular weight is 291 g/mol. The minimum atomic E-state index is -0.134. The smallest absolute Gasteiger partial charge is 0.117 e. The fourth-order valence-corrected chi connectivity index (χ4v) is 3.19. The Morgan fingerprint density at radius 1 is 1.00 bits per heavy atom. The van der Waals surface area contributed by atoms with Gasteiger partial charge in [-0.15, -0.1) is 11.8 Å². The predicted molar refractivity (Wildman–Crippen MR) is 85.1 cm³/mol. The van der Waals surface area contributed by atoms with Crippen LogP contribution in [0.25, 0.3) is 10.9 Å². The lowest BCUT2D eigenvalue weighted by Crippen LogP contribution is -1.99. The van der Waals surface area contributed by atoms with Gasteiger partial charge in [0, 0.05) is 11.1 Å². The van der Waals surface area contributed by atoms with E-state index in [1.807, 2.05) is 54.6 Å². The van der Waals surface area contributed by atoms with Crippen molar-refractivity contribution in [2.24, 2.45) is 0 Å². The van der Waals surface area contributed by atoms with Gasteiger partial charge in [0.1, 0.15) is 11.4 Å². The second kappa shape index (κ2) is 6.38. The van der Waals surface area contributed by atoms with Crippen molar-refractivity contribution in [1.82, 2.24) is 9.97 Å². The molecule has 3 nitrogen and oxygen atoms in total. The van der Waals surface area contributed by atoms with E-state index in [1.54, 1.807) is 18.1 Å². The summed E-state index contributed by atoms with van der Waals surface area (Å²) in [7, 11) is 0. The molecule has 0 amide bonds. The van der Waals surface area contributed by atoms with Crippen molar-refractivity contribution >= 4 is 22.7 Å². The van der Waals surface area contributed by atoms with E-state index in [-0.39, 0.29) is 5.92 Å². The molecule has 0 bridgehead atoms. The van der Waals surface area contributed by atoms with Crippen LogP contribution in [0.4, 0.5) is 0 Å². The standard InChI is InChI=1S/C17H13N3S/c18-10-14(13-6-2-1-3-7-13)11-21-17-15-8-4-5-9-16(15)19-12-20-17/h1-9,12,14H,11H2. The molecule has 21 heavy (non-hydrogen) atoms. The molecular formula is C17H13N3S. The van der Waals surface area contributed by atoms with Crippen LogP contribution in [-0.2, 0) is 0 Å². The second-order valence-electron chi connectivity index (χ2n) is 4.60. The quantitative estimate of drug-likeness (QED) is 0.538. The van der Waals surface area contributed by atoms with Crippen LogP contribution in [0.15, 0.2) is 66.0 Å². The van der Waals surface area contributed by atoms with Gasteiger partial charge < -0.3 is 0 Å². The van der Waals surface area contributed by atoms with Crippen LogP contribution in [-0.4, -0.2) is 15.7 Å². The Bertz CT molecular complexity index is 775. The van der Waals surface area contributed by atoms with Gasteiger partial charge in [-0.25, -0.2) is 9.97 Å². The molecule has 102 valence electrons. The van der Waals surface area contributed by atoms with E-state index in [2.05, 4.69) is 16.0 Å². The molecule has 4 heteroatoms. The lowest BCUT2D eigenvalue weighted by atomic mass is 10.0. The van der Waals surface area contributed by atoms with Crippen LogP contribution in [0, 0.1) is 11.3 Å². The molecule has 0 N–H and O–H groups in total. The minimum Gasteiger partial charge on any atom is -0.236 e. The van der Waals surface area contributed by atoms with Crippen LogP contribution >= 0.6 is 11.8 Å². The number of aromatic nitrogens is 2.